The molecule has 1 unspecified atom stereocenters. The first-order chi connectivity index (χ1) is 12.2. The fraction of sp³-hybridized carbons (Fsp3) is 0.412. The maximum Gasteiger partial charge on any atom is 0.223 e. The van der Waals surface area contributed by atoms with E-state index in [1.54, 1.807) is 23.3 Å². The molecular weight excluding hydrogens is 318 g/mol. The summed E-state index contributed by atoms with van der Waals surface area (Å²) in [5.41, 5.74) is 1.73. The minimum absolute atomic E-state index is 0.0460. The summed E-state index contributed by atoms with van der Waals surface area (Å²) in [5.74, 6) is 0.938. The standard InChI is InChI=1S/C17H21N7O/c1-23-15(3-5-20-23)13-2-4-19-17(21-13)22-14-8-12(9-16(14)25)10-24-7-6-18-11-24/h2-7,11-12,14,16,25H,8-10H2,1H3,(H,19,21,22)/t12?,14-,16-/m1/s1. The van der Waals surface area contributed by atoms with Gasteiger partial charge < -0.3 is 15.0 Å². The van der Waals surface area contributed by atoms with E-state index in [1.807, 2.05) is 31.7 Å². The molecule has 0 bridgehead atoms. The topological polar surface area (TPSA) is 93.7 Å². The average Bonchev–Trinajstić information content (AvgIpc) is 3.32. The normalized spacial score (nSPS) is 23.0. The molecule has 3 aromatic heterocycles. The molecule has 130 valence electrons. The van der Waals surface area contributed by atoms with Crippen molar-refractivity contribution in [3.05, 3.63) is 43.2 Å². The van der Waals surface area contributed by atoms with Gasteiger partial charge in [-0.3, -0.25) is 4.68 Å². The van der Waals surface area contributed by atoms with Crippen molar-refractivity contribution in [2.75, 3.05) is 5.32 Å². The SMILES string of the molecule is Cn1nccc1-c1ccnc(N[C@@H]2CC(Cn3ccnc3)C[C@H]2O)n1. The third-order valence-electron chi connectivity index (χ3n) is 4.71. The van der Waals surface area contributed by atoms with Crippen molar-refractivity contribution >= 4 is 5.95 Å². The number of aryl methyl sites for hydroxylation is 1. The second-order valence-corrected chi connectivity index (χ2v) is 6.52. The molecule has 8 nitrogen and oxygen atoms in total. The lowest BCUT2D eigenvalue weighted by atomic mass is 10.1. The van der Waals surface area contributed by atoms with Crippen LogP contribution in [0.3, 0.4) is 0 Å². The lowest BCUT2D eigenvalue weighted by Gasteiger charge is -2.16. The molecule has 1 saturated carbocycles. The largest absolute Gasteiger partial charge is 0.391 e. The van der Waals surface area contributed by atoms with Crippen LogP contribution in [0.2, 0.25) is 0 Å². The summed E-state index contributed by atoms with van der Waals surface area (Å²) in [4.78, 5) is 12.9. The molecule has 1 fully saturated rings. The zero-order valence-electron chi connectivity index (χ0n) is 14.0. The van der Waals surface area contributed by atoms with Crippen LogP contribution in [0.4, 0.5) is 5.95 Å². The summed E-state index contributed by atoms with van der Waals surface area (Å²) in [6, 6.07) is 3.72. The number of aliphatic hydroxyl groups is 1. The number of hydrogen-bond acceptors (Lipinski definition) is 6. The Bertz CT molecular complexity index is 829. The number of imidazole rings is 1. The van der Waals surface area contributed by atoms with Crippen molar-refractivity contribution in [3.8, 4) is 11.4 Å². The molecule has 25 heavy (non-hydrogen) atoms. The van der Waals surface area contributed by atoms with Crippen LogP contribution < -0.4 is 5.32 Å². The lowest BCUT2D eigenvalue weighted by Crippen LogP contribution is -2.28. The number of rotatable bonds is 5. The predicted molar refractivity (Wildman–Crippen MR) is 92.6 cm³/mol. The maximum absolute atomic E-state index is 10.4. The molecule has 4 rings (SSSR count). The van der Waals surface area contributed by atoms with E-state index in [0.717, 1.165) is 30.8 Å². The number of hydrogen-bond donors (Lipinski definition) is 2. The Kier molecular flexibility index (Phi) is 4.19. The Morgan fingerprint density at radius 2 is 2.16 bits per heavy atom. The molecular formula is C17H21N7O. The highest BCUT2D eigenvalue weighted by Crippen LogP contribution is 2.29. The zero-order valence-corrected chi connectivity index (χ0v) is 14.0. The van der Waals surface area contributed by atoms with E-state index < -0.39 is 6.10 Å². The van der Waals surface area contributed by atoms with E-state index in [9.17, 15) is 5.11 Å². The number of aliphatic hydroxyl groups excluding tert-OH is 1. The van der Waals surface area contributed by atoms with Gasteiger partial charge in [-0.2, -0.15) is 5.10 Å². The van der Waals surface area contributed by atoms with Crippen LogP contribution >= 0.6 is 0 Å². The Balaban J connectivity index is 1.44. The van der Waals surface area contributed by atoms with E-state index in [0.29, 0.717) is 11.9 Å². The van der Waals surface area contributed by atoms with Crippen molar-refractivity contribution in [1.29, 1.82) is 0 Å². The summed E-state index contributed by atoms with van der Waals surface area (Å²) in [6.07, 6.45) is 10.2. The summed E-state index contributed by atoms with van der Waals surface area (Å²) in [7, 11) is 1.88. The van der Waals surface area contributed by atoms with E-state index in [2.05, 4.69) is 29.9 Å². The van der Waals surface area contributed by atoms with Gasteiger partial charge >= 0.3 is 0 Å². The van der Waals surface area contributed by atoms with E-state index in [4.69, 9.17) is 0 Å². The van der Waals surface area contributed by atoms with Gasteiger partial charge in [-0.05, 0) is 30.9 Å². The van der Waals surface area contributed by atoms with E-state index >= 15 is 0 Å². The smallest absolute Gasteiger partial charge is 0.223 e. The van der Waals surface area contributed by atoms with Crippen molar-refractivity contribution < 1.29 is 5.11 Å². The van der Waals surface area contributed by atoms with Gasteiger partial charge in [0.25, 0.3) is 0 Å². The molecule has 3 heterocycles. The van der Waals surface area contributed by atoms with E-state index in [1.165, 1.54) is 0 Å². The van der Waals surface area contributed by atoms with Crippen molar-refractivity contribution in [1.82, 2.24) is 29.3 Å². The molecule has 1 aliphatic carbocycles. The lowest BCUT2D eigenvalue weighted by molar-refractivity contribution is 0.166. The second kappa shape index (κ2) is 6.64. The van der Waals surface area contributed by atoms with Crippen molar-refractivity contribution in [3.63, 3.8) is 0 Å². The maximum atomic E-state index is 10.4. The van der Waals surface area contributed by atoms with Crippen LogP contribution in [0.5, 0.6) is 0 Å². The van der Waals surface area contributed by atoms with Crippen LogP contribution in [0, 0.1) is 5.92 Å². The number of anilines is 1. The molecule has 0 spiro atoms. The molecule has 0 radical (unpaired) electrons. The van der Waals surface area contributed by atoms with Gasteiger partial charge in [-0.25, -0.2) is 15.0 Å². The van der Waals surface area contributed by atoms with Gasteiger partial charge in [-0.15, -0.1) is 0 Å². The number of aromatic nitrogens is 6. The first-order valence-corrected chi connectivity index (χ1v) is 8.41. The van der Waals surface area contributed by atoms with Gasteiger partial charge in [0.1, 0.15) is 0 Å². The van der Waals surface area contributed by atoms with E-state index in [-0.39, 0.29) is 6.04 Å². The molecule has 3 atom stereocenters. The number of nitrogens with one attached hydrogen (secondary N) is 1. The first-order valence-electron chi connectivity index (χ1n) is 8.41. The predicted octanol–water partition coefficient (Wildman–Crippen LogP) is 1.33. The Labute approximate surface area is 145 Å². The third-order valence-corrected chi connectivity index (χ3v) is 4.71. The van der Waals surface area contributed by atoms with Crippen LogP contribution in [-0.2, 0) is 13.6 Å². The summed E-state index contributed by atoms with van der Waals surface area (Å²) >= 11 is 0. The molecule has 0 amide bonds. The van der Waals surface area contributed by atoms with Crippen LogP contribution in [0.25, 0.3) is 11.4 Å². The van der Waals surface area contributed by atoms with Crippen LogP contribution in [0.15, 0.2) is 43.2 Å². The average molecular weight is 339 g/mol. The van der Waals surface area contributed by atoms with Crippen LogP contribution in [0.1, 0.15) is 12.8 Å². The molecule has 0 aliphatic heterocycles. The second-order valence-electron chi connectivity index (χ2n) is 6.52. The summed E-state index contributed by atoms with van der Waals surface area (Å²) < 4.78 is 3.83. The van der Waals surface area contributed by atoms with Gasteiger partial charge in [-0.1, -0.05) is 0 Å². The summed E-state index contributed by atoms with van der Waals surface area (Å²) in [6.45, 7) is 0.866. The highest BCUT2D eigenvalue weighted by molar-refractivity contribution is 5.55. The molecule has 8 heteroatoms. The van der Waals surface area contributed by atoms with Gasteiger partial charge in [0.2, 0.25) is 5.95 Å². The van der Waals surface area contributed by atoms with Crippen molar-refractivity contribution in [2.45, 2.75) is 31.5 Å². The quantitative estimate of drug-likeness (QED) is 0.728. The third kappa shape index (κ3) is 3.39. The molecule has 2 N–H and O–H groups in total. The first kappa shape index (κ1) is 15.8. The molecule has 1 aliphatic rings. The highest BCUT2D eigenvalue weighted by atomic mass is 16.3. The molecule has 0 aromatic carbocycles. The van der Waals surface area contributed by atoms with Gasteiger partial charge in [0, 0.05) is 38.4 Å². The Morgan fingerprint density at radius 1 is 1.24 bits per heavy atom. The fourth-order valence-electron chi connectivity index (χ4n) is 3.48. The van der Waals surface area contributed by atoms with Gasteiger partial charge in [0.05, 0.1) is 29.9 Å². The number of nitrogens with zero attached hydrogens (tertiary/aromatic N) is 6. The van der Waals surface area contributed by atoms with Crippen molar-refractivity contribution in [2.24, 2.45) is 13.0 Å². The molecule has 0 saturated heterocycles. The highest BCUT2D eigenvalue weighted by Gasteiger charge is 2.33. The fourth-order valence-corrected chi connectivity index (χ4v) is 3.48. The van der Waals surface area contributed by atoms with Crippen LogP contribution in [-0.4, -0.2) is 46.6 Å². The minimum atomic E-state index is -0.405. The monoisotopic (exact) mass is 339 g/mol. The minimum Gasteiger partial charge on any atom is -0.391 e. The zero-order chi connectivity index (χ0) is 17.2. The Morgan fingerprint density at radius 3 is 2.92 bits per heavy atom. The van der Waals surface area contributed by atoms with Gasteiger partial charge in [0.15, 0.2) is 0 Å². The molecule has 3 aromatic rings. The Hall–Kier alpha value is -2.74. The summed E-state index contributed by atoms with van der Waals surface area (Å²) in [5, 5.41) is 17.9.